The van der Waals surface area contributed by atoms with Gasteiger partial charge in [-0.05, 0) is 30.7 Å². The van der Waals surface area contributed by atoms with E-state index in [9.17, 15) is 17.2 Å². The molecule has 0 amide bonds. The van der Waals surface area contributed by atoms with Crippen LogP contribution in [0.1, 0.15) is 17.2 Å². The van der Waals surface area contributed by atoms with Crippen LogP contribution in [0.5, 0.6) is 5.75 Å². The number of nitrogens with zero attached hydrogens (tertiary/aromatic N) is 1. The molecule has 1 N–H and O–H groups in total. The first-order chi connectivity index (χ1) is 14.3. The van der Waals surface area contributed by atoms with Gasteiger partial charge in [-0.3, -0.25) is 4.90 Å². The van der Waals surface area contributed by atoms with Gasteiger partial charge in [0, 0.05) is 25.7 Å². The highest BCUT2D eigenvalue weighted by atomic mass is 35.5. The highest BCUT2D eigenvalue weighted by molar-refractivity contribution is 7.89. The van der Waals surface area contributed by atoms with E-state index >= 15 is 0 Å². The minimum atomic E-state index is -3.92. The fourth-order valence-electron chi connectivity index (χ4n) is 3.34. The summed E-state index contributed by atoms with van der Waals surface area (Å²) >= 11 is 5.90. The number of hydrogen-bond acceptors (Lipinski definition) is 5. The number of ether oxygens (including phenoxy) is 2. The molecule has 1 atom stereocenters. The highest BCUT2D eigenvalue weighted by Gasteiger charge is 2.25. The molecule has 1 heterocycles. The van der Waals surface area contributed by atoms with Crippen LogP contribution in [-0.4, -0.2) is 52.8 Å². The van der Waals surface area contributed by atoms with Gasteiger partial charge < -0.3 is 9.47 Å². The van der Waals surface area contributed by atoms with Crippen molar-refractivity contribution >= 4 is 21.6 Å². The SMILES string of the molecule is Cc1cccc(C(CNS(=O)(=O)c2ccc(OC(F)F)c(Cl)c2)N2CCOCC2)c1. The van der Waals surface area contributed by atoms with Crippen LogP contribution >= 0.6 is 11.6 Å². The maximum atomic E-state index is 12.8. The van der Waals surface area contributed by atoms with Crippen LogP contribution in [0.4, 0.5) is 8.78 Å². The number of alkyl halides is 2. The number of morpholine rings is 1. The Morgan fingerprint density at radius 3 is 2.57 bits per heavy atom. The molecule has 0 saturated carbocycles. The predicted octanol–water partition coefficient (Wildman–Crippen LogP) is 3.60. The minimum absolute atomic E-state index is 0.126. The zero-order valence-corrected chi connectivity index (χ0v) is 17.9. The second kappa shape index (κ2) is 10.0. The molecule has 0 aliphatic carbocycles. The number of rotatable bonds is 8. The van der Waals surface area contributed by atoms with Crippen molar-refractivity contribution in [3.8, 4) is 5.75 Å². The fraction of sp³-hybridized carbons (Fsp3) is 0.400. The van der Waals surface area contributed by atoms with Gasteiger partial charge in [0.2, 0.25) is 10.0 Å². The Labute approximate surface area is 179 Å². The molecule has 10 heteroatoms. The van der Waals surface area contributed by atoms with E-state index in [1.54, 1.807) is 0 Å². The summed E-state index contributed by atoms with van der Waals surface area (Å²) in [4.78, 5) is 2.05. The lowest BCUT2D eigenvalue weighted by Crippen LogP contribution is -2.43. The predicted molar refractivity (Wildman–Crippen MR) is 110 cm³/mol. The second-order valence-electron chi connectivity index (χ2n) is 6.90. The van der Waals surface area contributed by atoms with Gasteiger partial charge in [-0.25, -0.2) is 13.1 Å². The summed E-state index contributed by atoms with van der Waals surface area (Å²) in [5, 5.41) is -0.207. The molecule has 1 aliphatic rings. The first-order valence-corrected chi connectivity index (χ1v) is 11.2. The van der Waals surface area contributed by atoms with Crippen molar-refractivity contribution in [2.75, 3.05) is 32.8 Å². The Hall–Kier alpha value is -1.78. The van der Waals surface area contributed by atoms with Gasteiger partial charge in [-0.1, -0.05) is 41.4 Å². The number of sulfonamides is 1. The lowest BCUT2D eigenvalue weighted by Gasteiger charge is -2.35. The molecule has 1 saturated heterocycles. The van der Waals surface area contributed by atoms with Crippen LogP contribution < -0.4 is 9.46 Å². The van der Waals surface area contributed by atoms with E-state index in [4.69, 9.17) is 16.3 Å². The van der Waals surface area contributed by atoms with Crippen molar-refractivity contribution in [1.29, 1.82) is 0 Å². The third-order valence-corrected chi connectivity index (χ3v) is 6.53. The van der Waals surface area contributed by atoms with E-state index in [-0.39, 0.29) is 28.3 Å². The standard InChI is InChI=1S/C20H23ClF2N2O4S/c1-14-3-2-4-15(11-14)18(25-7-9-28-10-8-25)13-24-30(26,27)16-5-6-19(17(21)12-16)29-20(22)23/h2-6,11-12,18,20,24H,7-10,13H2,1H3. The van der Waals surface area contributed by atoms with E-state index in [0.717, 1.165) is 23.3 Å². The summed E-state index contributed by atoms with van der Waals surface area (Å²) < 4.78 is 62.7. The number of aryl methyl sites for hydroxylation is 1. The summed E-state index contributed by atoms with van der Waals surface area (Å²) in [7, 11) is -3.92. The van der Waals surface area contributed by atoms with Crippen molar-refractivity contribution in [2.24, 2.45) is 0 Å². The second-order valence-corrected chi connectivity index (χ2v) is 9.08. The molecule has 1 fully saturated rings. The quantitative estimate of drug-likeness (QED) is 0.652. The van der Waals surface area contributed by atoms with Crippen LogP contribution in [0.15, 0.2) is 47.4 Å². The molecule has 0 radical (unpaired) electrons. The summed E-state index contributed by atoms with van der Waals surface area (Å²) in [6.07, 6.45) is 0. The van der Waals surface area contributed by atoms with E-state index in [1.807, 2.05) is 31.2 Å². The van der Waals surface area contributed by atoms with Gasteiger partial charge in [0.15, 0.2) is 0 Å². The molecule has 3 rings (SSSR count). The molecule has 1 aliphatic heterocycles. The van der Waals surface area contributed by atoms with E-state index in [0.29, 0.717) is 26.3 Å². The van der Waals surface area contributed by atoms with E-state index < -0.39 is 16.6 Å². The number of nitrogens with one attached hydrogen (secondary N) is 1. The molecular formula is C20H23ClF2N2O4S. The van der Waals surface area contributed by atoms with Crippen molar-refractivity contribution in [2.45, 2.75) is 24.5 Å². The highest BCUT2D eigenvalue weighted by Crippen LogP contribution is 2.29. The van der Waals surface area contributed by atoms with Crippen LogP contribution in [-0.2, 0) is 14.8 Å². The summed E-state index contributed by atoms with van der Waals surface area (Å²) in [6.45, 7) is 1.60. The Balaban J connectivity index is 1.79. The average molecular weight is 461 g/mol. The van der Waals surface area contributed by atoms with Crippen molar-refractivity contribution in [3.05, 3.63) is 58.6 Å². The van der Waals surface area contributed by atoms with Crippen molar-refractivity contribution < 1.29 is 26.7 Å². The smallest absolute Gasteiger partial charge is 0.387 e. The number of hydrogen-bond donors (Lipinski definition) is 1. The monoisotopic (exact) mass is 460 g/mol. The molecule has 2 aromatic rings. The van der Waals surface area contributed by atoms with Gasteiger partial charge in [0.05, 0.1) is 23.1 Å². The summed E-state index contributed by atoms with van der Waals surface area (Å²) in [5.41, 5.74) is 2.08. The molecule has 0 spiro atoms. The first kappa shape index (κ1) is 22.9. The molecule has 0 aromatic heterocycles. The zero-order valence-electron chi connectivity index (χ0n) is 16.4. The molecule has 2 aromatic carbocycles. The zero-order chi connectivity index (χ0) is 21.7. The minimum Gasteiger partial charge on any atom is -0.433 e. The Bertz CT molecular complexity index is 969. The normalized spacial score (nSPS) is 16.6. The van der Waals surface area contributed by atoms with Crippen molar-refractivity contribution in [1.82, 2.24) is 9.62 Å². The largest absolute Gasteiger partial charge is 0.433 e. The Kier molecular flexibility index (Phi) is 7.65. The van der Waals surface area contributed by atoms with Crippen molar-refractivity contribution in [3.63, 3.8) is 0 Å². The summed E-state index contributed by atoms with van der Waals surface area (Å²) in [6, 6.07) is 11.1. The van der Waals surface area contributed by atoms with Gasteiger partial charge in [0.1, 0.15) is 5.75 Å². The van der Waals surface area contributed by atoms with Crippen LogP contribution in [0.2, 0.25) is 5.02 Å². The third-order valence-electron chi connectivity index (χ3n) is 4.81. The third kappa shape index (κ3) is 5.89. The lowest BCUT2D eigenvalue weighted by atomic mass is 10.0. The average Bonchev–Trinajstić information content (AvgIpc) is 2.70. The fourth-order valence-corrected chi connectivity index (χ4v) is 4.69. The molecule has 1 unspecified atom stereocenters. The number of benzene rings is 2. The lowest BCUT2D eigenvalue weighted by molar-refractivity contribution is -0.0498. The molecule has 164 valence electrons. The Morgan fingerprint density at radius 1 is 1.20 bits per heavy atom. The summed E-state index contributed by atoms with van der Waals surface area (Å²) in [5.74, 6) is -0.281. The van der Waals surface area contributed by atoms with Crippen LogP contribution in [0.3, 0.4) is 0 Å². The van der Waals surface area contributed by atoms with E-state index in [1.165, 1.54) is 6.07 Å². The molecule has 0 bridgehead atoms. The molecular weight excluding hydrogens is 438 g/mol. The first-order valence-electron chi connectivity index (χ1n) is 9.38. The van der Waals surface area contributed by atoms with Gasteiger partial charge in [0.25, 0.3) is 0 Å². The Morgan fingerprint density at radius 2 is 1.93 bits per heavy atom. The number of halogens is 3. The van der Waals surface area contributed by atoms with E-state index in [2.05, 4.69) is 14.4 Å². The van der Waals surface area contributed by atoms with Gasteiger partial charge in [-0.15, -0.1) is 0 Å². The topological polar surface area (TPSA) is 67.9 Å². The molecule has 30 heavy (non-hydrogen) atoms. The van der Waals surface area contributed by atoms with Gasteiger partial charge >= 0.3 is 6.61 Å². The maximum absolute atomic E-state index is 12.8. The van der Waals surface area contributed by atoms with Crippen LogP contribution in [0, 0.1) is 6.92 Å². The maximum Gasteiger partial charge on any atom is 0.387 e. The van der Waals surface area contributed by atoms with Crippen LogP contribution in [0.25, 0.3) is 0 Å². The molecule has 6 nitrogen and oxygen atoms in total. The van der Waals surface area contributed by atoms with Gasteiger partial charge in [-0.2, -0.15) is 8.78 Å².